The molecule has 0 aliphatic heterocycles. The van der Waals surface area contributed by atoms with E-state index >= 15 is 0 Å². The standard InChI is InChI=1S/C11H23NO7/c1-5(2)8(12)11(18)19-4-7(15)10(17)9(16)6(14)3-13/h5-10,13-17H,3-4,12H2,1-2H3/t6-,7+,8+,9-,10-/m1/s1. The first-order chi connectivity index (χ1) is 8.72. The van der Waals surface area contributed by atoms with Gasteiger partial charge in [0.25, 0.3) is 0 Å². The first kappa shape index (κ1) is 18.2. The van der Waals surface area contributed by atoms with Gasteiger partial charge in [-0.15, -0.1) is 0 Å². The quantitative estimate of drug-likeness (QED) is 0.256. The normalized spacial score (nSPS) is 19.6. The predicted octanol–water partition coefficient (Wildman–Crippen LogP) is -3.05. The molecule has 0 aliphatic carbocycles. The second-order valence-corrected chi connectivity index (χ2v) is 4.70. The molecule has 0 aromatic heterocycles. The average molecular weight is 281 g/mol. The van der Waals surface area contributed by atoms with Crippen molar-refractivity contribution >= 4 is 5.97 Å². The van der Waals surface area contributed by atoms with E-state index in [-0.39, 0.29) is 5.92 Å². The van der Waals surface area contributed by atoms with Crippen LogP contribution >= 0.6 is 0 Å². The summed E-state index contributed by atoms with van der Waals surface area (Å²) in [5.41, 5.74) is 5.51. The molecule has 0 radical (unpaired) electrons. The lowest BCUT2D eigenvalue weighted by Crippen LogP contribution is -2.48. The molecule has 0 rings (SSSR count). The minimum atomic E-state index is -1.76. The zero-order valence-corrected chi connectivity index (χ0v) is 11.0. The number of nitrogens with two attached hydrogens (primary N) is 1. The highest BCUT2D eigenvalue weighted by Crippen LogP contribution is 2.07. The molecule has 0 heterocycles. The Morgan fingerprint density at radius 1 is 1.11 bits per heavy atom. The maximum atomic E-state index is 11.4. The van der Waals surface area contributed by atoms with Crippen molar-refractivity contribution in [3.05, 3.63) is 0 Å². The lowest BCUT2D eigenvalue weighted by molar-refractivity contribution is -0.158. The Balaban J connectivity index is 4.24. The molecule has 7 N–H and O–H groups in total. The van der Waals surface area contributed by atoms with E-state index in [9.17, 15) is 20.1 Å². The third-order valence-electron chi connectivity index (χ3n) is 2.71. The van der Waals surface area contributed by atoms with E-state index in [0.717, 1.165) is 0 Å². The van der Waals surface area contributed by atoms with Crippen LogP contribution in [0.5, 0.6) is 0 Å². The summed E-state index contributed by atoms with van der Waals surface area (Å²) in [5, 5.41) is 45.9. The number of hydrogen-bond acceptors (Lipinski definition) is 8. The first-order valence-electron chi connectivity index (χ1n) is 5.97. The Kier molecular flexibility index (Phi) is 8.07. The van der Waals surface area contributed by atoms with Crippen LogP contribution in [0.1, 0.15) is 13.8 Å². The van der Waals surface area contributed by atoms with Crippen molar-refractivity contribution in [2.75, 3.05) is 13.2 Å². The molecule has 19 heavy (non-hydrogen) atoms. The molecule has 0 bridgehead atoms. The van der Waals surface area contributed by atoms with Crippen molar-refractivity contribution in [1.29, 1.82) is 0 Å². The summed E-state index contributed by atoms with van der Waals surface area (Å²) in [5.74, 6) is -0.880. The summed E-state index contributed by atoms with van der Waals surface area (Å²) >= 11 is 0. The van der Waals surface area contributed by atoms with Gasteiger partial charge in [0.2, 0.25) is 0 Å². The fraction of sp³-hybridized carbons (Fsp3) is 0.909. The summed E-state index contributed by atoms with van der Waals surface area (Å²) in [6.45, 7) is 2.09. The van der Waals surface area contributed by atoms with Crippen LogP contribution in [-0.4, -0.2) is 75.2 Å². The van der Waals surface area contributed by atoms with Gasteiger partial charge in [-0.1, -0.05) is 13.8 Å². The number of esters is 1. The SMILES string of the molecule is CC(C)[C@H](N)C(=O)OC[C@H](O)[C@@H](O)[C@H](O)[C@H](O)CO. The Bertz CT molecular complexity index is 274. The average Bonchev–Trinajstić information content (AvgIpc) is 2.40. The number of aliphatic hydroxyl groups is 5. The minimum Gasteiger partial charge on any atom is -0.462 e. The molecule has 5 atom stereocenters. The van der Waals surface area contributed by atoms with Gasteiger partial charge in [0.15, 0.2) is 0 Å². The Labute approximate surface area is 111 Å². The highest BCUT2D eigenvalue weighted by Gasteiger charge is 2.31. The highest BCUT2D eigenvalue weighted by atomic mass is 16.5. The van der Waals surface area contributed by atoms with Crippen LogP contribution in [0.25, 0.3) is 0 Å². The van der Waals surface area contributed by atoms with E-state index < -0.39 is 49.6 Å². The fourth-order valence-electron chi connectivity index (χ4n) is 1.20. The summed E-state index contributed by atoms with van der Waals surface area (Å²) in [7, 11) is 0. The van der Waals surface area contributed by atoms with Crippen LogP contribution in [0.3, 0.4) is 0 Å². The highest BCUT2D eigenvalue weighted by molar-refractivity contribution is 5.75. The zero-order chi connectivity index (χ0) is 15.2. The van der Waals surface area contributed by atoms with Gasteiger partial charge in [-0.25, -0.2) is 0 Å². The molecular formula is C11H23NO7. The summed E-state index contributed by atoms with van der Waals surface area (Å²) < 4.78 is 4.68. The van der Waals surface area contributed by atoms with Gasteiger partial charge >= 0.3 is 5.97 Å². The van der Waals surface area contributed by atoms with Gasteiger partial charge in [0.1, 0.15) is 37.1 Å². The summed E-state index contributed by atoms with van der Waals surface area (Å²) in [6, 6.07) is -0.850. The molecule has 0 aromatic carbocycles. The van der Waals surface area contributed by atoms with Gasteiger partial charge < -0.3 is 36.0 Å². The lowest BCUT2D eigenvalue weighted by atomic mass is 10.0. The summed E-state index contributed by atoms with van der Waals surface area (Å²) in [4.78, 5) is 11.4. The zero-order valence-electron chi connectivity index (χ0n) is 11.0. The Morgan fingerprint density at radius 2 is 1.58 bits per heavy atom. The largest absolute Gasteiger partial charge is 0.462 e. The third-order valence-corrected chi connectivity index (χ3v) is 2.71. The predicted molar refractivity (Wildman–Crippen MR) is 64.9 cm³/mol. The van der Waals surface area contributed by atoms with Crippen molar-refractivity contribution in [1.82, 2.24) is 0 Å². The first-order valence-corrected chi connectivity index (χ1v) is 5.97. The number of hydrogen-bond donors (Lipinski definition) is 6. The van der Waals surface area contributed by atoms with Gasteiger partial charge in [0, 0.05) is 0 Å². The van der Waals surface area contributed by atoms with Crippen molar-refractivity contribution in [2.24, 2.45) is 11.7 Å². The monoisotopic (exact) mass is 281 g/mol. The molecule has 8 heteroatoms. The molecule has 8 nitrogen and oxygen atoms in total. The van der Waals surface area contributed by atoms with Crippen molar-refractivity contribution < 1.29 is 35.1 Å². The van der Waals surface area contributed by atoms with E-state index in [1.165, 1.54) is 0 Å². The van der Waals surface area contributed by atoms with Crippen LogP contribution in [0, 0.1) is 5.92 Å². The van der Waals surface area contributed by atoms with Crippen LogP contribution < -0.4 is 5.73 Å². The van der Waals surface area contributed by atoms with Crippen LogP contribution in [0.15, 0.2) is 0 Å². The Morgan fingerprint density at radius 3 is 2.00 bits per heavy atom. The van der Waals surface area contributed by atoms with E-state index in [0.29, 0.717) is 0 Å². The third kappa shape index (κ3) is 5.81. The molecule has 0 aliphatic rings. The fourth-order valence-corrected chi connectivity index (χ4v) is 1.20. The number of aliphatic hydroxyl groups excluding tert-OH is 5. The molecule has 0 amide bonds. The van der Waals surface area contributed by atoms with E-state index in [1.807, 2.05) is 0 Å². The van der Waals surface area contributed by atoms with Crippen molar-refractivity contribution in [2.45, 2.75) is 44.3 Å². The maximum absolute atomic E-state index is 11.4. The maximum Gasteiger partial charge on any atom is 0.323 e. The molecule has 0 fully saturated rings. The molecule has 0 unspecified atom stereocenters. The molecule has 0 saturated heterocycles. The molecule has 0 saturated carbocycles. The Hall–Kier alpha value is -0.770. The van der Waals surface area contributed by atoms with Crippen molar-refractivity contribution in [3.63, 3.8) is 0 Å². The lowest BCUT2D eigenvalue weighted by Gasteiger charge is -2.25. The van der Waals surface area contributed by atoms with E-state index in [2.05, 4.69) is 4.74 Å². The molecule has 0 spiro atoms. The second kappa shape index (κ2) is 8.41. The van der Waals surface area contributed by atoms with E-state index in [4.69, 9.17) is 15.9 Å². The number of carbonyl (C=O) groups excluding carboxylic acids is 1. The van der Waals surface area contributed by atoms with Crippen LogP contribution in [-0.2, 0) is 9.53 Å². The van der Waals surface area contributed by atoms with Crippen molar-refractivity contribution in [3.8, 4) is 0 Å². The van der Waals surface area contributed by atoms with Gasteiger partial charge in [-0.2, -0.15) is 0 Å². The smallest absolute Gasteiger partial charge is 0.323 e. The minimum absolute atomic E-state index is 0.142. The van der Waals surface area contributed by atoms with E-state index in [1.54, 1.807) is 13.8 Å². The number of carbonyl (C=O) groups is 1. The van der Waals surface area contributed by atoms with Crippen LogP contribution in [0.2, 0.25) is 0 Å². The van der Waals surface area contributed by atoms with Crippen LogP contribution in [0.4, 0.5) is 0 Å². The van der Waals surface area contributed by atoms with Gasteiger partial charge in [-0.3, -0.25) is 4.79 Å². The molecule has 0 aromatic rings. The van der Waals surface area contributed by atoms with Gasteiger partial charge in [0.05, 0.1) is 6.61 Å². The number of rotatable bonds is 8. The topological polar surface area (TPSA) is 153 Å². The second-order valence-electron chi connectivity index (χ2n) is 4.70. The molecular weight excluding hydrogens is 258 g/mol. The van der Waals surface area contributed by atoms with Gasteiger partial charge in [-0.05, 0) is 5.92 Å². The summed E-state index contributed by atoms with van der Waals surface area (Å²) in [6.07, 6.45) is -6.71. The molecule has 114 valence electrons. The number of ether oxygens (including phenoxy) is 1.